The molecule has 1 aliphatic heterocycles. The molecule has 0 aromatic heterocycles. The molecule has 1 heterocycles. The van der Waals surface area contributed by atoms with E-state index in [0.717, 1.165) is 5.92 Å². The number of hydrogen-bond acceptors (Lipinski definition) is 2. The quantitative estimate of drug-likeness (QED) is 0.814. The normalized spacial score (nSPS) is 29.8. The van der Waals surface area contributed by atoms with Crippen molar-refractivity contribution in [2.45, 2.75) is 31.2 Å². The first-order chi connectivity index (χ1) is 8.81. The van der Waals surface area contributed by atoms with Crippen LogP contribution in [0.5, 0.6) is 0 Å². The van der Waals surface area contributed by atoms with Gasteiger partial charge < -0.3 is 10.2 Å². The largest absolute Gasteiger partial charge is 0.394 e. The van der Waals surface area contributed by atoms with Crippen LogP contribution in [0.3, 0.4) is 0 Å². The fraction of sp³-hybridized carbons (Fsp3) is 0.500. The number of hydrogen-bond donors (Lipinski definition) is 1. The molecule has 0 saturated carbocycles. The Balaban J connectivity index is 2.06. The van der Waals surface area contributed by atoms with Crippen molar-refractivity contribution in [1.29, 1.82) is 0 Å². The maximum atomic E-state index is 3.21. The van der Waals surface area contributed by atoms with Gasteiger partial charge in [-0.1, -0.05) is 24.3 Å². The second-order valence-electron chi connectivity index (χ2n) is 5.55. The standard InChI is InChI=1S/C16H22N2/c1-17-11-12-10-16-15(8-5-9-18(16)2)14-7-4-3-6-13(12)14/h3-4,6-7,11,15-17H,5,8-10H2,1-2H3/b12-11-. The molecule has 2 nitrogen and oxygen atoms in total. The van der Waals surface area contributed by atoms with Gasteiger partial charge in [-0.05, 0) is 49.6 Å². The minimum Gasteiger partial charge on any atom is -0.394 e. The molecule has 1 saturated heterocycles. The Morgan fingerprint density at radius 1 is 1.33 bits per heavy atom. The van der Waals surface area contributed by atoms with Crippen LogP contribution in [-0.2, 0) is 0 Å². The van der Waals surface area contributed by atoms with Crippen LogP contribution in [0.15, 0.2) is 30.5 Å². The lowest BCUT2D eigenvalue weighted by atomic mass is 9.72. The van der Waals surface area contributed by atoms with Gasteiger partial charge in [-0.25, -0.2) is 0 Å². The smallest absolute Gasteiger partial charge is 0.0202 e. The first-order valence-corrected chi connectivity index (χ1v) is 6.97. The van der Waals surface area contributed by atoms with Gasteiger partial charge in [-0.3, -0.25) is 0 Å². The molecule has 2 atom stereocenters. The summed E-state index contributed by atoms with van der Waals surface area (Å²) in [5.41, 5.74) is 4.48. The molecule has 2 unspecified atom stereocenters. The molecule has 1 aliphatic carbocycles. The average Bonchev–Trinajstić information content (AvgIpc) is 2.40. The zero-order chi connectivity index (χ0) is 12.5. The van der Waals surface area contributed by atoms with E-state index in [2.05, 4.69) is 47.7 Å². The zero-order valence-corrected chi connectivity index (χ0v) is 11.3. The van der Waals surface area contributed by atoms with E-state index in [0.29, 0.717) is 6.04 Å². The molecule has 3 rings (SSSR count). The Bertz CT molecular complexity index is 464. The third-order valence-corrected chi connectivity index (χ3v) is 4.51. The summed E-state index contributed by atoms with van der Waals surface area (Å²) in [5, 5.41) is 3.21. The van der Waals surface area contributed by atoms with Crippen molar-refractivity contribution in [2.24, 2.45) is 0 Å². The predicted molar refractivity (Wildman–Crippen MR) is 76.5 cm³/mol. The summed E-state index contributed by atoms with van der Waals surface area (Å²) in [6.45, 7) is 1.25. The summed E-state index contributed by atoms with van der Waals surface area (Å²) in [7, 11) is 4.27. The Morgan fingerprint density at radius 2 is 2.17 bits per heavy atom. The highest BCUT2D eigenvalue weighted by Gasteiger charge is 2.36. The van der Waals surface area contributed by atoms with Gasteiger partial charge in [0.1, 0.15) is 0 Å². The van der Waals surface area contributed by atoms with Gasteiger partial charge in [0.15, 0.2) is 0 Å². The van der Waals surface area contributed by atoms with E-state index >= 15 is 0 Å². The predicted octanol–water partition coefficient (Wildman–Crippen LogP) is 2.83. The lowest BCUT2D eigenvalue weighted by Crippen LogP contribution is -2.43. The number of likely N-dealkylation sites (N-methyl/N-ethyl adjacent to an activating group) is 1. The van der Waals surface area contributed by atoms with E-state index in [9.17, 15) is 0 Å². The van der Waals surface area contributed by atoms with Crippen LogP contribution < -0.4 is 5.32 Å². The Kier molecular flexibility index (Phi) is 3.13. The summed E-state index contributed by atoms with van der Waals surface area (Å²) in [6.07, 6.45) is 6.03. The number of benzene rings is 1. The van der Waals surface area contributed by atoms with Gasteiger partial charge in [-0.2, -0.15) is 0 Å². The molecular weight excluding hydrogens is 220 g/mol. The van der Waals surface area contributed by atoms with Crippen molar-refractivity contribution >= 4 is 5.57 Å². The maximum Gasteiger partial charge on any atom is 0.0202 e. The summed E-state index contributed by atoms with van der Waals surface area (Å²) < 4.78 is 0. The molecule has 1 aromatic carbocycles. The monoisotopic (exact) mass is 242 g/mol. The minimum atomic E-state index is 0.688. The van der Waals surface area contributed by atoms with Crippen molar-refractivity contribution in [3.05, 3.63) is 41.6 Å². The zero-order valence-electron chi connectivity index (χ0n) is 11.3. The third kappa shape index (κ3) is 1.85. The second kappa shape index (κ2) is 4.77. The van der Waals surface area contributed by atoms with Gasteiger partial charge in [-0.15, -0.1) is 0 Å². The number of rotatable bonds is 1. The SMILES string of the molecule is CN/C=C1/CC2C(CCCN2C)c2ccccc21. The fourth-order valence-corrected chi connectivity index (χ4v) is 3.65. The number of nitrogens with one attached hydrogen (secondary N) is 1. The van der Waals surface area contributed by atoms with Crippen LogP contribution in [0.2, 0.25) is 0 Å². The van der Waals surface area contributed by atoms with E-state index in [1.807, 2.05) is 7.05 Å². The first kappa shape index (κ1) is 11.8. The molecular formula is C16H22N2. The van der Waals surface area contributed by atoms with Gasteiger partial charge in [0.25, 0.3) is 0 Å². The summed E-state index contributed by atoms with van der Waals surface area (Å²) in [4.78, 5) is 2.55. The van der Waals surface area contributed by atoms with Crippen molar-refractivity contribution in [1.82, 2.24) is 10.2 Å². The highest BCUT2D eigenvalue weighted by atomic mass is 15.1. The van der Waals surface area contributed by atoms with E-state index in [4.69, 9.17) is 0 Å². The van der Waals surface area contributed by atoms with E-state index < -0.39 is 0 Å². The van der Waals surface area contributed by atoms with Gasteiger partial charge in [0.05, 0.1) is 0 Å². The van der Waals surface area contributed by atoms with Crippen molar-refractivity contribution in [3.63, 3.8) is 0 Å². The molecule has 0 spiro atoms. The molecule has 96 valence electrons. The lowest BCUT2D eigenvalue weighted by Gasteiger charge is -2.44. The molecule has 1 N–H and O–H groups in total. The topological polar surface area (TPSA) is 15.3 Å². The fourth-order valence-electron chi connectivity index (χ4n) is 3.65. The number of nitrogens with zero attached hydrogens (tertiary/aromatic N) is 1. The lowest BCUT2D eigenvalue weighted by molar-refractivity contribution is 0.159. The Labute approximate surface area is 110 Å². The van der Waals surface area contributed by atoms with Crippen molar-refractivity contribution < 1.29 is 0 Å². The first-order valence-electron chi connectivity index (χ1n) is 6.97. The molecule has 0 radical (unpaired) electrons. The molecule has 1 aromatic rings. The Morgan fingerprint density at radius 3 is 3.00 bits per heavy atom. The van der Waals surface area contributed by atoms with Crippen LogP contribution in [0, 0.1) is 0 Å². The van der Waals surface area contributed by atoms with Crippen molar-refractivity contribution in [3.8, 4) is 0 Å². The van der Waals surface area contributed by atoms with Gasteiger partial charge in [0, 0.05) is 25.2 Å². The highest BCUT2D eigenvalue weighted by molar-refractivity contribution is 5.71. The number of piperidine rings is 1. The molecule has 0 amide bonds. The number of likely N-dealkylation sites (tertiary alicyclic amines) is 1. The van der Waals surface area contributed by atoms with E-state index in [-0.39, 0.29) is 0 Å². The molecule has 18 heavy (non-hydrogen) atoms. The average molecular weight is 242 g/mol. The van der Waals surface area contributed by atoms with E-state index in [1.54, 1.807) is 5.56 Å². The molecule has 0 bridgehead atoms. The van der Waals surface area contributed by atoms with E-state index in [1.165, 1.54) is 36.9 Å². The summed E-state index contributed by atoms with van der Waals surface area (Å²) in [5.74, 6) is 0.731. The highest BCUT2D eigenvalue weighted by Crippen LogP contribution is 2.44. The minimum absolute atomic E-state index is 0.688. The van der Waals surface area contributed by atoms with Gasteiger partial charge in [0.2, 0.25) is 0 Å². The van der Waals surface area contributed by atoms with Gasteiger partial charge >= 0.3 is 0 Å². The molecule has 1 fully saturated rings. The Hall–Kier alpha value is -1.28. The second-order valence-corrected chi connectivity index (χ2v) is 5.55. The summed E-state index contributed by atoms with van der Waals surface area (Å²) in [6, 6.07) is 9.65. The van der Waals surface area contributed by atoms with Crippen LogP contribution in [-0.4, -0.2) is 31.6 Å². The molecule has 2 aliphatic rings. The summed E-state index contributed by atoms with van der Waals surface area (Å²) >= 11 is 0. The number of fused-ring (bicyclic) bond motifs is 3. The van der Waals surface area contributed by atoms with Crippen LogP contribution in [0.4, 0.5) is 0 Å². The molecule has 2 heteroatoms. The van der Waals surface area contributed by atoms with Crippen LogP contribution in [0.25, 0.3) is 5.57 Å². The maximum absolute atomic E-state index is 3.21. The third-order valence-electron chi connectivity index (χ3n) is 4.51. The van der Waals surface area contributed by atoms with Crippen molar-refractivity contribution in [2.75, 3.05) is 20.6 Å². The van der Waals surface area contributed by atoms with Crippen LogP contribution in [0.1, 0.15) is 36.3 Å². The van der Waals surface area contributed by atoms with Crippen LogP contribution >= 0.6 is 0 Å².